The first-order valence-corrected chi connectivity index (χ1v) is 8.15. The molecular formula is C16H22N4S. The zero-order chi connectivity index (χ0) is 15.3. The highest BCUT2D eigenvalue weighted by Gasteiger charge is 2.24. The van der Waals surface area contributed by atoms with Crippen LogP contribution in [0.4, 0.5) is 5.82 Å². The molecule has 0 fully saturated rings. The van der Waals surface area contributed by atoms with Gasteiger partial charge in [-0.05, 0) is 43.3 Å². The van der Waals surface area contributed by atoms with Gasteiger partial charge >= 0.3 is 0 Å². The minimum Gasteiger partial charge on any atom is -0.260 e. The average Bonchev–Trinajstić information content (AvgIpc) is 3.07. The maximum atomic E-state index is 4.35. The highest BCUT2D eigenvalue weighted by molar-refractivity contribution is 7.12. The van der Waals surface area contributed by atoms with Crippen LogP contribution in [-0.2, 0) is 5.41 Å². The van der Waals surface area contributed by atoms with Crippen LogP contribution in [0.25, 0.3) is 0 Å². The summed E-state index contributed by atoms with van der Waals surface area (Å²) in [6, 6.07) is 8.05. The van der Waals surface area contributed by atoms with E-state index in [9.17, 15) is 0 Å². The van der Waals surface area contributed by atoms with Gasteiger partial charge in [-0.1, -0.05) is 26.8 Å². The van der Waals surface area contributed by atoms with Gasteiger partial charge in [-0.3, -0.25) is 5.43 Å². The van der Waals surface area contributed by atoms with E-state index in [4.69, 9.17) is 0 Å². The molecule has 5 heteroatoms. The summed E-state index contributed by atoms with van der Waals surface area (Å²) in [5.41, 5.74) is 5.05. The van der Waals surface area contributed by atoms with Crippen LogP contribution in [0, 0.1) is 0 Å². The Hall–Kier alpha value is -1.75. The Labute approximate surface area is 130 Å². The number of aromatic nitrogens is 2. The van der Waals surface area contributed by atoms with Gasteiger partial charge in [-0.15, -0.1) is 16.4 Å². The summed E-state index contributed by atoms with van der Waals surface area (Å²) in [5.74, 6) is 0.671. The van der Waals surface area contributed by atoms with E-state index in [2.05, 4.69) is 41.5 Å². The lowest BCUT2D eigenvalue weighted by molar-refractivity contribution is 0.421. The standard InChI is InChI=1S/C16H22N4S/c1-5-16(4,6-2)14-9-10-15(20-18-14)19-17-12(3)13-8-7-11-21-13/h7-11H,5-6H2,1-4H3,(H,19,20). The SMILES string of the molecule is CCC(C)(CC)c1ccc(NN=C(C)c2cccs2)nn1. The second-order valence-electron chi connectivity index (χ2n) is 5.36. The number of anilines is 1. The molecule has 112 valence electrons. The van der Waals surface area contributed by atoms with Gasteiger partial charge in [0, 0.05) is 10.3 Å². The Morgan fingerprint density at radius 1 is 1.24 bits per heavy atom. The third-order valence-electron chi connectivity index (χ3n) is 4.06. The average molecular weight is 302 g/mol. The van der Waals surface area contributed by atoms with Crippen LogP contribution < -0.4 is 5.43 Å². The Morgan fingerprint density at radius 2 is 2.00 bits per heavy atom. The molecule has 2 aromatic heterocycles. The summed E-state index contributed by atoms with van der Waals surface area (Å²) < 4.78 is 0. The quantitative estimate of drug-likeness (QED) is 0.633. The number of hydrogen-bond acceptors (Lipinski definition) is 5. The van der Waals surface area contributed by atoms with E-state index < -0.39 is 0 Å². The highest BCUT2D eigenvalue weighted by atomic mass is 32.1. The van der Waals surface area contributed by atoms with Crippen LogP contribution in [0.2, 0.25) is 0 Å². The van der Waals surface area contributed by atoms with Gasteiger partial charge in [0.15, 0.2) is 5.82 Å². The summed E-state index contributed by atoms with van der Waals surface area (Å²) in [4.78, 5) is 1.15. The molecule has 2 aromatic rings. The molecule has 1 N–H and O–H groups in total. The Kier molecular flexibility index (Phi) is 5.07. The first-order valence-electron chi connectivity index (χ1n) is 7.27. The lowest BCUT2D eigenvalue weighted by atomic mass is 9.81. The largest absolute Gasteiger partial charge is 0.260 e. The molecule has 0 amide bonds. The van der Waals surface area contributed by atoms with Crippen LogP contribution in [-0.4, -0.2) is 15.9 Å². The molecule has 4 nitrogen and oxygen atoms in total. The second-order valence-corrected chi connectivity index (χ2v) is 6.31. The molecule has 0 saturated heterocycles. The molecule has 0 unspecified atom stereocenters. The summed E-state index contributed by atoms with van der Waals surface area (Å²) in [6.07, 6.45) is 2.11. The zero-order valence-corrected chi connectivity index (χ0v) is 13.9. The van der Waals surface area contributed by atoms with E-state index in [0.29, 0.717) is 5.82 Å². The number of thiophene rings is 1. The summed E-state index contributed by atoms with van der Waals surface area (Å²) in [7, 11) is 0. The smallest absolute Gasteiger partial charge is 0.168 e. The van der Waals surface area contributed by atoms with Gasteiger partial charge in [0.25, 0.3) is 0 Å². The summed E-state index contributed by atoms with van der Waals surface area (Å²) in [5, 5.41) is 15.0. The van der Waals surface area contributed by atoms with Gasteiger partial charge < -0.3 is 0 Å². The number of nitrogens with one attached hydrogen (secondary N) is 1. The first-order chi connectivity index (χ1) is 10.1. The molecule has 0 saturated carbocycles. The van der Waals surface area contributed by atoms with E-state index in [1.807, 2.05) is 36.6 Å². The Balaban J connectivity index is 2.08. The van der Waals surface area contributed by atoms with Gasteiger partial charge in [0.1, 0.15) is 0 Å². The minimum absolute atomic E-state index is 0.0989. The lowest BCUT2D eigenvalue weighted by Gasteiger charge is -2.25. The fourth-order valence-corrected chi connectivity index (χ4v) is 2.68. The van der Waals surface area contributed by atoms with Crippen molar-refractivity contribution in [2.75, 3.05) is 5.43 Å². The molecule has 0 atom stereocenters. The summed E-state index contributed by atoms with van der Waals surface area (Å²) >= 11 is 1.67. The van der Waals surface area contributed by atoms with Crippen molar-refractivity contribution in [2.24, 2.45) is 5.10 Å². The molecular weight excluding hydrogens is 280 g/mol. The third-order valence-corrected chi connectivity index (χ3v) is 5.04. The fraction of sp³-hybridized carbons (Fsp3) is 0.438. The Bertz CT molecular complexity index is 583. The first kappa shape index (κ1) is 15.6. The lowest BCUT2D eigenvalue weighted by Crippen LogP contribution is -2.21. The van der Waals surface area contributed by atoms with Crippen LogP contribution in [0.15, 0.2) is 34.7 Å². The number of nitrogens with zero attached hydrogens (tertiary/aromatic N) is 3. The molecule has 0 aliphatic carbocycles. The van der Waals surface area contributed by atoms with Crippen LogP contribution in [0.5, 0.6) is 0 Å². The molecule has 21 heavy (non-hydrogen) atoms. The fourth-order valence-electron chi connectivity index (χ4n) is 2.01. The maximum absolute atomic E-state index is 4.35. The highest BCUT2D eigenvalue weighted by Crippen LogP contribution is 2.29. The van der Waals surface area contributed by atoms with Gasteiger partial charge in [0.05, 0.1) is 11.4 Å². The van der Waals surface area contributed by atoms with Gasteiger partial charge in [-0.2, -0.15) is 10.2 Å². The van der Waals surface area contributed by atoms with Crippen molar-refractivity contribution in [3.05, 3.63) is 40.2 Å². The van der Waals surface area contributed by atoms with Crippen LogP contribution in [0.3, 0.4) is 0 Å². The van der Waals surface area contributed by atoms with E-state index in [0.717, 1.165) is 29.1 Å². The molecule has 0 aromatic carbocycles. The number of hydrazone groups is 1. The van der Waals surface area contributed by atoms with E-state index >= 15 is 0 Å². The monoisotopic (exact) mass is 302 g/mol. The van der Waals surface area contributed by atoms with E-state index in [1.54, 1.807) is 11.3 Å². The molecule has 0 aliphatic heterocycles. The minimum atomic E-state index is 0.0989. The predicted molar refractivity (Wildman–Crippen MR) is 90.1 cm³/mol. The molecule has 0 bridgehead atoms. The van der Waals surface area contributed by atoms with E-state index in [-0.39, 0.29) is 5.41 Å². The van der Waals surface area contributed by atoms with Crippen molar-refractivity contribution in [2.45, 2.75) is 46.0 Å². The molecule has 0 spiro atoms. The zero-order valence-electron chi connectivity index (χ0n) is 13.1. The summed E-state index contributed by atoms with van der Waals surface area (Å²) in [6.45, 7) is 8.58. The van der Waals surface area contributed by atoms with Crippen LogP contribution >= 0.6 is 11.3 Å². The van der Waals surface area contributed by atoms with E-state index in [1.165, 1.54) is 0 Å². The number of rotatable bonds is 6. The van der Waals surface area contributed by atoms with Crippen molar-refractivity contribution in [3.63, 3.8) is 0 Å². The van der Waals surface area contributed by atoms with Gasteiger partial charge in [-0.25, -0.2) is 0 Å². The topological polar surface area (TPSA) is 50.2 Å². The van der Waals surface area contributed by atoms with Crippen molar-refractivity contribution in [3.8, 4) is 0 Å². The molecule has 0 aliphatic rings. The maximum Gasteiger partial charge on any atom is 0.168 e. The molecule has 0 radical (unpaired) electrons. The predicted octanol–water partition coefficient (Wildman–Crippen LogP) is 4.45. The molecule has 2 heterocycles. The normalized spacial score (nSPS) is 12.5. The Morgan fingerprint density at radius 3 is 2.52 bits per heavy atom. The van der Waals surface area contributed by atoms with Crippen LogP contribution in [0.1, 0.15) is 51.1 Å². The van der Waals surface area contributed by atoms with Crippen molar-refractivity contribution >= 4 is 22.9 Å². The third kappa shape index (κ3) is 3.67. The van der Waals surface area contributed by atoms with Crippen molar-refractivity contribution < 1.29 is 0 Å². The van der Waals surface area contributed by atoms with Crippen molar-refractivity contribution in [1.82, 2.24) is 10.2 Å². The number of hydrogen-bond donors (Lipinski definition) is 1. The van der Waals surface area contributed by atoms with Crippen molar-refractivity contribution in [1.29, 1.82) is 0 Å². The second kappa shape index (κ2) is 6.80. The molecule has 2 rings (SSSR count). The van der Waals surface area contributed by atoms with Gasteiger partial charge in [0.2, 0.25) is 0 Å².